The van der Waals surface area contributed by atoms with E-state index in [1.807, 2.05) is 53.8 Å². The molecular formula is C51H31N3OS. The van der Waals surface area contributed by atoms with Crippen molar-refractivity contribution in [1.82, 2.24) is 15.0 Å². The first-order valence-corrected chi connectivity index (χ1v) is 19.5. The molecule has 0 saturated heterocycles. The summed E-state index contributed by atoms with van der Waals surface area (Å²) in [6.45, 7) is 0. The highest BCUT2D eigenvalue weighted by atomic mass is 32.1. The summed E-state index contributed by atoms with van der Waals surface area (Å²) in [5, 5.41) is 4.79. The van der Waals surface area contributed by atoms with Crippen LogP contribution < -0.4 is 0 Å². The summed E-state index contributed by atoms with van der Waals surface area (Å²) >= 11 is 1.83. The van der Waals surface area contributed by atoms with Crippen LogP contribution in [0.1, 0.15) is 0 Å². The minimum absolute atomic E-state index is 0.622. The molecule has 3 heterocycles. The zero-order chi connectivity index (χ0) is 37.0. The minimum atomic E-state index is 0.622. The average Bonchev–Trinajstić information content (AvgIpc) is 3.85. The SMILES string of the molecule is c1ccc(-c2cccc(-c3nc(-c4ccccc4)nc(-c4ccc(-c5ccc(-c6ccc7c(c6)sc6ccccc67)c6oc7ccccc7c56)cc4)n3)c2)cc1. The third-order valence-corrected chi connectivity index (χ3v) is 11.7. The maximum Gasteiger partial charge on any atom is 0.164 e. The Kier molecular flexibility index (Phi) is 7.64. The van der Waals surface area contributed by atoms with E-state index in [1.54, 1.807) is 0 Å². The fraction of sp³-hybridized carbons (Fsp3) is 0. The Labute approximate surface area is 327 Å². The van der Waals surface area contributed by atoms with Crippen molar-refractivity contribution in [2.75, 3.05) is 0 Å². The summed E-state index contributed by atoms with van der Waals surface area (Å²) in [6, 6.07) is 65.6. The number of rotatable bonds is 6. The van der Waals surface area contributed by atoms with Crippen molar-refractivity contribution < 1.29 is 4.42 Å². The molecule has 262 valence electrons. The number of hydrogen-bond acceptors (Lipinski definition) is 5. The molecule has 0 radical (unpaired) electrons. The van der Waals surface area contributed by atoms with Gasteiger partial charge in [0.25, 0.3) is 0 Å². The predicted molar refractivity (Wildman–Crippen MR) is 233 cm³/mol. The number of furan rings is 1. The van der Waals surface area contributed by atoms with E-state index in [0.717, 1.165) is 72.0 Å². The summed E-state index contributed by atoms with van der Waals surface area (Å²) in [5.41, 5.74) is 11.2. The van der Waals surface area contributed by atoms with Crippen LogP contribution in [-0.4, -0.2) is 15.0 Å². The van der Waals surface area contributed by atoms with Crippen molar-refractivity contribution in [3.05, 3.63) is 188 Å². The van der Waals surface area contributed by atoms with Gasteiger partial charge in [-0.25, -0.2) is 15.0 Å². The van der Waals surface area contributed by atoms with Crippen LogP contribution in [0, 0.1) is 0 Å². The molecule has 0 saturated carbocycles. The lowest BCUT2D eigenvalue weighted by Gasteiger charge is -2.11. The smallest absolute Gasteiger partial charge is 0.164 e. The normalized spacial score (nSPS) is 11.6. The lowest BCUT2D eigenvalue weighted by Crippen LogP contribution is -2.00. The number of para-hydroxylation sites is 1. The average molecular weight is 734 g/mol. The number of fused-ring (bicyclic) bond motifs is 6. The van der Waals surface area contributed by atoms with E-state index in [2.05, 4.69) is 146 Å². The lowest BCUT2D eigenvalue weighted by molar-refractivity contribution is 0.670. The Morgan fingerprint density at radius 2 is 0.893 bits per heavy atom. The predicted octanol–water partition coefficient (Wildman–Crippen LogP) is 14.1. The van der Waals surface area contributed by atoms with Crippen LogP contribution in [0.15, 0.2) is 192 Å². The van der Waals surface area contributed by atoms with Gasteiger partial charge in [-0.15, -0.1) is 11.3 Å². The second-order valence-electron chi connectivity index (χ2n) is 14.0. The Morgan fingerprint density at radius 1 is 0.339 bits per heavy atom. The van der Waals surface area contributed by atoms with Gasteiger partial charge in [0, 0.05) is 53.2 Å². The van der Waals surface area contributed by atoms with Gasteiger partial charge in [0.15, 0.2) is 17.5 Å². The van der Waals surface area contributed by atoms with Crippen molar-refractivity contribution in [3.63, 3.8) is 0 Å². The molecule has 0 aliphatic heterocycles. The topological polar surface area (TPSA) is 51.8 Å². The zero-order valence-corrected chi connectivity index (χ0v) is 30.9. The molecule has 56 heavy (non-hydrogen) atoms. The lowest BCUT2D eigenvalue weighted by atomic mass is 9.94. The first-order valence-electron chi connectivity index (χ1n) is 18.7. The van der Waals surface area contributed by atoms with Crippen molar-refractivity contribution in [2.24, 2.45) is 0 Å². The Hall–Kier alpha value is -7.21. The summed E-state index contributed by atoms with van der Waals surface area (Å²) in [6.07, 6.45) is 0. The fourth-order valence-electron chi connectivity index (χ4n) is 7.81. The van der Waals surface area contributed by atoms with Gasteiger partial charge in [-0.05, 0) is 58.1 Å². The molecule has 5 heteroatoms. The Morgan fingerprint density at radius 3 is 1.68 bits per heavy atom. The van der Waals surface area contributed by atoms with Gasteiger partial charge in [-0.2, -0.15) is 0 Å². The summed E-state index contributed by atoms with van der Waals surface area (Å²) in [5.74, 6) is 1.89. The molecule has 0 bridgehead atoms. The molecule has 0 spiro atoms. The first kappa shape index (κ1) is 32.2. The number of nitrogens with zero attached hydrogens (tertiary/aromatic N) is 3. The maximum absolute atomic E-state index is 6.69. The van der Waals surface area contributed by atoms with E-state index in [9.17, 15) is 0 Å². The standard InChI is InChI=1S/C51H31N3OS/c1-3-12-32(13-4-1)36-16-11-17-38(30-36)51-53-49(34-14-5-2-6-15-34)52-50(54-51)35-24-22-33(23-25-35)39-28-29-40(48-47(39)43-19-7-9-20-44(43)55-48)37-26-27-42-41-18-8-10-21-45(41)56-46(42)31-37/h1-31H. The maximum atomic E-state index is 6.69. The summed E-state index contributed by atoms with van der Waals surface area (Å²) in [4.78, 5) is 15.1. The third kappa shape index (κ3) is 5.56. The number of benzene rings is 8. The highest BCUT2D eigenvalue weighted by Gasteiger charge is 2.19. The summed E-state index contributed by atoms with van der Waals surface area (Å²) < 4.78 is 9.26. The Balaban J connectivity index is 1.02. The highest BCUT2D eigenvalue weighted by molar-refractivity contribution is 7.25. The van der Waals surface area contributed by atoms with Crippen molar-refractivity contribution in [2.45, 2.75) is 0 Å². The van der Waals surface area contributed by atoms with E-state index in [0.29, 0.717) is 17.5 Å². The molecule has 0 fully saturated rings. The van der Waals surface area contributed by atoms with Crippen molar-refractivity contribution in [3.8, 4) is 67.5 Å². The molecule has 0 aliphatic carbocycles. The van der Waals surface area contributed by atoms with E-state index in [-0.39, 0.29) is 0 Å². The van der Waals surface area contributed by atoms with Crippen LogP contribution in [-0.2, 0) is 0 Å². The molecule has 3 aromatic heterocycles. The second-order valence-corrected chi connectivity index (χ2v) is 15.1. The van der Waals surface area contributed by atoms with Gasteiger partial charge >= 0.3 is 0 Å². The zero-order valence-electron chi connectivity index (χ0n) is 30.1. The largest absolute Gasteiger partial charge is 0.455 e. The molecule has 0 amide bonds. The van der Waals surface area contributed by atoms with Crippen LogP contribution in [0.2, 0.25) is 0 Å². The Bertz CT molecular complexity index is 3240. The monoisotopic (exact) mass is 733 g/mol. The van der Waals surface area contributed by atoms with Gasteiger partial charge in [0.1, 0.15) is 11.2 Å². The fourth-order valence-corrected chi connectivity index (χ4v) is 8.95. The first-order chi connectivity index (χ1) is 27.7. The molecule has 11 rings (SSSR count). The van der Waals surface area contributed by atoms with Gasteiger partial charge < -0.3 is 4.42 Å². The van der Waals surface area contributed by atoms with Crippen LogP contribution in [0.25, 0.3) is 110 Å². The molecule has 0 aliphatic rings. The van der Waals surface area contributed by atoms with Gasteiger partial charge in [-0.1, -0.05) is 158 Å². The van der Waals surface area contributed by atoms with Gasteiger partial charge in [0.2, 0.25) is 0 Å². The van der Waals surface area contributed by atoms with Crippen LogP contribution in [0.3, 0.4) is 0 Å². The number of aromatic nitrogens is 3. The molecule has 0 N–H and O–H groups in total. The quantitative estimate of drug-likeness (QED) is 0.171. The molecule has 4 nitrogen and oxygen atoms in total. The number of hydrogen-bond donors (Lipinski definition) is 0. The van der Waals surface area contributed by atoms with E-state index in [1.165, 1.54) is 20.2 Å². The molecular weight excluding hydrogens is 703 g/mol. The molecule has 0 unspecified atom stereocenters. The van der Waals surface area contributed by atoms with Crippen molar-refractivity contribution >= 4 is 53.4 Å². The molecule has 8 aromatic carbocycles. The van der Waals surface area contributed by atoms with Crippen LogP contribution in [0.4, 0.5) is 0 Å². The molecule has 0 atom stereocenters. The van der Waals surface area contributed by atoms with E-state index < -0.39 is 0 Å². The van der Waals surface area contributed by atoms with E-state index >= 15 is 0 Å². The van der Waals surface area contributed by atoms with E-state index in [4.69, 9.17) is 19.4 Å². The number of thiophene rings is 1. The third-order valence-electron chi connectivity index (χ3n) is 10.6. The van der Waals surface area contributed by atoms with Crippen molar-refractivity contribution in [1.29, 1.82) is 0 Å². The summed E-state index contributed by atoms with van der Waals surface area (Å²) in [7, 11) is 0. The second kappa shape index (κ2) is 13.3. The molecule has 11 aromatic rings. The minimum Gasteiger partial charge on any atom is -0.455 e. The van der Waals surface area contributed by atoms with Crippen LogP contribution in [0.5, 0.6) is 0 Å². The van der Waals surface area contributed by atoms with Gasteiger partial charge in [0.05, 0.1) is 0 Å². The van der Waals surface area contributed by atoms with Crippen LogP contribution >= 0.6 is 11.3 Å². The van der Waals surface area contributed by atoms with Gasteiger partial charge in [-0.3, -0.25) is 0 Å². The highest BCUT2D eigenvalue weighted by Crippen LogP contribution is 2.44.